The third-order valence-electron chi connectivity index (χ3n) is 2.98. The van der Waals surface area contributed by atoms with Gasteiger partial charge in [0, 0.05) is 23.5 Å². The topological polar surface area (TPSA) is 104 Å². The average Bonchev–Trinajstić information content (AvgIpc) is 3.03. The molecule has 1 aromatic carbocycles. The van der Waals surface area contributed by atoms with Crippen LogP contribution in [0.2, 0.25) is 0 Å². The lowest BCUT2D eigenvalue weighted by atomic mass is 10.2. The molecule has 0 bridgehead atoms. The molecule has 0 unspecified atom stereocenters. The van der Waals surface area contributed by atoms with Crippen molar-refractivity contribution in [2.75, 3.05) is 10.6 Å². The van der Waals surface area contributed by atoms with Gasteiger partial charge in [-0.25, -0.2) is 15.0 Å². The van der Waals surface area contributed by atoms with Crippen LogP contribution < -0.4 is 10.6 Å². The van der Waals surface area contributed by atoms with Gasteiger partial charge in [-0.05, 0) is 30.3 Å². The van der Waals surface area contributed by atoms with E-state index in [4.69, 9.17) is 5.26 Å². The van der Waals surface area contributed by atoms with Crippen LogP contribution in [0.5, 0.6) is 0 Å². The second-order valence-corrected chi connectivity index (χ2v) is 5.61. The summed E-state index contributed by atoms with van der Waals surface area (Å²) in [6.45, 7) is 0. The highest BCUT2D eigenvalue weighted by molar-refractivity contribution is 7.13. The fourth-order valence-corrected chi connectivity index (χ4v) is 2.61. The van der Waals surface area contributed by atoms with Crippen molar-refractivity contribution in [1.29, 1.82) is 5.26 Å². The lowest BCUT2D eigenvalue weighted by Gasteiger charge is -2.03. The summed E-state index contributed by atoms with van der Waals surface area (Å²) in [7, 11) is 0. The smallest absolute Gasteiger partial charge is 0.230 e. The van der Waals surface area contributed by atoms with E-state index in [0.29, 0.717) is 28.0 Å². The Kier molecular flexibility index (Phi) is 4.74. The molecule has 0 saturated heterocycles. The molecule has 0 aliphatic heterocycles. The highest BCUT2D eigenvalue weighted by Gasteiger charge is 2.09. The second-order valence-electron chi connectivity index (χ2n) is 4.76. The predicted octanol–water partition coefficient (Wildman–Crippen LogP) is 2.73. The lowest BCUT2D eigenvalue weighted by Crippen LogP contribution is -2.14. The molecular weight excluding hydrogens is 324 g/mol. The minimum atomic E-state index is -0.174. The number of anilines is 3. The average molecular weight is 336 g/mol. The van der Waals surface area contributed by atoms with Crippen LogP contribution in [0, 0.1) is 11.3 Å². The third-order valence-corrected chi connectivity index (χ3v) is 3.78. The van der Waals surface area contributed by atoms with Gasteiger partial charge in [-0.1, -0.05) is 0 Å². The van der Waals surface area contributed by atoms with E-state index >= 15 is 0 Å². The number of amides is 1. The number of rotatable bonds is 5. The van der Waals surface area contributed by atoms with Crippen molar-refractivity contribution in [2.24, 2.45) is 0 Å². The number of nitriles is 1. The van der Waals surface area contributed by atoms with Crippen molar-refractivity contribution in [3.8, 4) is 6.07 Å². The Bertz CT molecular complexity index is 870. The minimum Gasteiger partial charge on any atom is -0.326 e. The van der Waals surface area contributed by atoms with Gasteiger partial charge in [0.15, 0.2) is 5.13 Å². The highest BCUT2D eigenvalue weighted by Crippen LogP contribution is 2.19. The van der Waals surface area contributed by atoms with E-state index < -0.39 is 0 Å². The zero-order valence-electron chi connectivity index (χ0n) is 12.4. The monoisotopic (exact) mass is 336 g/mol. The first kappa shape index (κ1) is 15.6. The van der Waals surface area contributed by atoms with Crippen LogP contribution in [0.1, 0.15) is 11.3 Å². The summed E-state index contributed by atoms with van der Waals surface area (Å²) in [6.07, 6.45) is 3.43. The van der Waals surface area contributed by atoms with Gasteiger partial charge < -0.3 is 10.6 Å². The summed E-state index contributed by atoms with van der Waals surface area (Å²) in [5, 5.41) is 16.9. The number of nitrogens with zero attached hydrogens (tertiary/aromatic N) is 4. The Hall–Kier alpha value is -3.31. The zero-order chi connectivity index (χ0) is 16.8. The number of carbonyl (C=O) groups excluding carboxylic acids is 1. The number of benzene rings is 1. The van der Waals surface area contributed by atoms with Crippen molar-refractivity contribution in [3.05, 3.63) is 59.4 Å². The van der Waals surface area contributed by atoms with Crippen LogP contribution in [0.15, 0.2) is 48.1 Å². The number of aromatic nitrogens is 3. The maximum absolute atomic E-state index is 12.0. The molecule has 3 rings (SSSR count). The van der Waals surface area contributed by atoms with Gasteiger partial charge in [0.1, 0.15) is 0 Å². The number of carbonyl (C=O) groups is 1. The van der Waals surface area contributed by atoms with E-state index in [0.717, 1.165) is 0 Å². The molecule has 0 aliphatic carbocycles. The zero-order valence-corrected chi connectivity index (χ0v) is 13.2. The molecule has 2 aromatic heterocycles. The van der Waals surface area contributed by atoms with Gasteiger partial charge in [0.25, 0.3) is 0 Å². The Morgan fingerprint density at radius 1 is 1.21 bits per heavy atom. The normalized spacial score (nSPS) is 9.96. The van der Waals surface area contributed by atoms with Gasteiger partial charge in [-0.15, -0.1) is 11.3 Å². The molecule has 24 heavy (non-hydrogen) atoms. The summed E-state index contributed by atoms with van der Waals surface area (Å²) >= 11 is 1.38. The van der Waals surface area contributed by atoms with Crippen LogP contribution >= 0.6 is 11.3 Å². The molecule has 7 nitrogen and oxygen atoms in total. The summed E-state index contributed by atoms with van der Waals surface area (Å²) in [5.41, 5.74) is 1.85. The van der Waals surface area contributed by atoms with Crippen LogP contribution in [0.25, 0.3) is 0 Å². The van der Waals surface area contributed by atoms with Gasteiger partial charge in [-0.2, -0.15) is 5.26 Å². The summed E-state index contributed by atoms with van der Waals surface area (Å²) in [5.74, 6) is 0.285. The molecule has 8 heteroatoms. The molecule has 0 radical (unpaired) electrons. The molecule has 0 aliphatic rings. The van der Waals surface area contributed by atoms with E-state index in [9.17, 15) is 4.79 Å². The van der Waals surface area contributed by atoms with E-state index in [-0.39, 0.29) is 12.3 Å². The number of hydrogen-bond acceptors (Lipinski definition) is 7. The molecule has 0 spiro atoms. The molecule has 0 fully saturated rings. The van der Waals surface area contributed by atoms with Crippen molar-refractivity contribution < 1.29 is 4.79 Å². The standard InChI is InChI=1S/C16H12N6OS/c17-9-11-2-4-12(5-3-11)20-14(23)8-13-10-24-16(21-13)22-15-18-6-1-7-19-15/h1-7,10H,8H2,(H,20,23)(H,18,19,21,22). The molecule has 0 saturated carbocycles. The van der Waals surface area contributed by atoms with E-state index in [1.54, 1.807) is 42.7 Å². The largest absolute Gasteiger partial charge is 0.326 e. The second kappa shape index (κ2) is 7.30. The minimum absolute atomic E-state index is 0.161. The molecule has 2 N–H and O–H groups in total. The predicted molar refractivity (Wildman–Crippen MR) is 90.9 cm³/mol. The van der Waals surface area contributed by atoms with Crippen LogP contribution in [-0.2, 0) is 11.2 Å². The van der Waals surface area contributed by atoms with E-state index in [1.807, 2.05) is 11.4 Å². The number of thiazole rings is 1. The summed E-state index contributed by atoms with van der Waals surface area (Å²) in [6, 6.07) is 10.4. The first-order valence-electron chi connectivity index (χ1n) is 7.01. The van der Waals surface area contributed by atoms with Gasteiger partial charge >= 0.3 is 0 Å². The van der Waals surface area contributed by atoms with Crippen molar-refractivity contribution in [1.82, 2.24) is 15.0 Å². The lowest BCUT2D eigenvalue weighted by molar-refractivity contribution is -0.115. The van der Waals surface area contributed by atoms with Crippen molar-refractivity contribution >= 4 is 34.0 Å². The molecule has 118 valence electrons. The molecule has 0 atom stereocenters. The highest BCUT2D eigenvalue weighted by atomic mass is 32.1. The fourth-order valence-electron chi connectivity index (χ4n) is 1.90. The molecular formula is C16H12N6OS. The summed E-state index contributed by atoms with van der Waals surface area (Å²) < 4.78 is 0. The first-order valence-corrected chi connectivity index (χ1v) is 7.89. The third kappa shape index (κ3) is 4.12. The van der Waals surface area contributed by atoms with Gasteiger partial charge in [-0.3, -0.25) is 4.79 Å². The van der Waals surface area contributed by atoms with Crippen molar-refractivity contribution in [2.45, 2.75) is 6.42 Å². The van der Waals surface area contributed by atoms with Crippen LogP contribution in [0.3, 0.4) is 0 Å². The maximum atomic E-state index is 12.0. The SMILES string of the molecule is N#Cc1ccc(NC(=O)Cc2csc(Nc3ncccn3)n2)cc1. The Labute approximate surface area is 142 Å². The maximum Gasteiger partial charge on any atom is 0.230 e. The number of hydrogen-bond donors (Lipinski definition) is 2. The molecule has 2 heterocycles. The summed E-state index contributed by atoms with van der Waals surface area (Å²) in [4.78, 5) is 24.5. The fraction of sp³-hybridized carbons (Fsp3) is 0.0625. The quantitative estimate of drug-likeness (QED) is 0.742. The molecule has 1 amide bonds. The molecule has 3 aromatic rings. The number of nitrogens with one attached hydrogen (secondary N) is 2. The van der Waals surface area contributed by atoms with E-state index in [2.05, 4.69) is 25.6 Å². The Morgan fingerprint density at radius 3 is 2.67 bits per heavy atom. The van der Waals surface area contributed by atoms with Crippen LogP contribution in [-0.4, -0.2) is 20.9 Å². The Morgan fingerprint density at radius 2 is 1.96 bits per heavy atom. The van der Waals surface area contributed by atoms with Gasteiger partial charge in [0.05, 0.1) is 23.7 Å². The first-order chi connectivity index (χ1) is 11.7. The van der Waals surface area contributed by atoms with E-state index in [1.165, 1.54) is 11.3 Å². The van der Waals surface area contributed by atoms with Crippen molar-refractivity contribution in [3.63, 3.8) is 0 Å². The van der Waals surface area contributed by atoms with Crippen LogP contribution in [0.4, 0.5) is 16.8 Å². The van der Waals surface area contributed by atoms with Gasteiger partial charge in [0.2, 0.25) is 11.9 Å². The Balaban J connectivity index is 1.57.